The highest BCUT2D eigenvalue weighted by Gasteiger charge is 2.05. The molecule has 0 unspecified atom stereocenters. The number of hydrogen-bond donors (Lipinski definition) is 1. The number of aromatic nitrogens is 2. The monoisotopic (exact) mass is 204 g/mol. The summed E-state index contributed by atoms with van der Waals surface area (Å²) in [5, 5.41) is 18.3. The van der Waals surface area contributed by atoms with Crippen molar-refractivity contribution >= 4 is 11.7 Å². The standard InChI is InChI=1S/C10H12N4O/c1-7(2)8-5-9(14-12-6-8)13-10(15)3-4-11/h5-7H,3H2,1-2H3,(H,13,14,15). The zero-order valence-corrected chi connectivity index (χ0v) is 8.69. The van der Waals surface area contributed by atoms with Crippen molar-refractivity contribution in [3.8, 4) is 6.07 Å². The predicted octanol–water partition coefficient (Wildman–Crippen LogP) is 1.45. The van der Waals surface area contributed by atoms with Crippen molar-refractivity contribution in [3.63, 3.8) is 0 Å². The molecular formula is C10H12N4O. The maximum Gasteiger partial charge on any atom is 0.239 e. The largest absolute Gasteiger partial charge is 0.308 e. The number of anilines is 1. The molecule has 1 amide bonds. The first-order chi connectivity index (χ1) is 7.13. The molecule has 1 aromatic rings. The van der Waals surface area contributed by atoms with Crippen molar-refractivity contribution in [2.75, 3.05) is 5.32 Å². The molecule has 0 aromatic carbocycles. The minimum Gasteiger partial charge on any atom is -0.308 e. The van der Waals surface area contributed by atoms with Gasteiger partial charge >= 0.3 is 0 Å². The first kappa shape index (κ1) is 11.1. The molecule has 0 aliphatic heterocycles. The summed E-state index contributed by atoms with van der Waals surface area (Å²) in [4.78, 5) is 11.1. The van der Waals surface area contributed by atoms with E-state index >= 15 is 0 Å². The van der Waals surface area contributed by atoms with Gasteiger partial charge in [-0.3, -0.25) is 4.79 Å². The summed E-state index contributed by atoms with van der Waals surface area (Å²) in [5.74, 6) is 0.348. The summed E-state index contributed by atoms with van der Waals surface area (Å²) in [6.07, 6.45) is 1.48. The van der Waals surface area contributed by atoms with Crippen molar-refractivity contribution in [1.82, 2.24) is 10.2 Å². The molecule has 1 heterocycles. The molecule has 5 heteroatoms. The van der Waals surface area contributed by atoms with E-state index in [0.29, 0.717) is 11.7 Å². The average Bonchev–Trinajstić information content (AvgIpc) is 2.18. The normalized spacial score (nSPS) is 9.73. The van der Waals surface area contributed by atoms with Gasteiger partial charge in [0, 0.05) is 0 Å². The number of nitrogens with zero attached hydrogens (tertiary/aromatic N) is 3. The van der Waals surface area contributed by atoms with Crippen LogP contribution in [0.1, 0.15) is 31.7 Å². The van der Waals surface area contributed by atoms with Gasteiger partial charge in [0.1, 0.15) is 6.42 Å². The Balaban J connectivity index is 2.74. The number of rotatable bonds is 3. The Kier molecular flexibility index (Phi) is 3.75. The van der Waals surface area contributed by atoms with Gasteiger partial charge in [-0.1, -0.05) is 13.8 Å². The molecule has 0 radical (unpaired) electrons. The summed E-state index contributed by atoms with van der Waals surface area (Å²) in [6, 6.07) is 3.52. The fourth-order valence-electron chi connectivity index (χ4n) is 1.02. The van der Waals surface area contributed by atoms with E-state index in [4.69, 9.17) is 5.26 Å². The zero-order chi connectivity index (χ0) is 11.3. The zero-order valence-electron chi connectivity index (χ0n) is 8.69. The summed E-state index contributed by atoms with van der Waals surface area (Å²) in [6.45, 7) is 4.05. The molecule has 5 nitrogen and oxygen atoms in total. The van der Waals surface area contributed by atoms with E-state index in [-0.39, 0.29) is 12.3 Å². The van der Waals surface area contributed by atoms with Gasteiger partial charge in [-0.05, 0) is 17.5 Å². The van der Waals surface area contributed by atoms with E-state index in [9.17, 15) is 4.79 Å². The van der Waals surface area contributed by atoms with Crippen LogP contribution in [0.15, 0.2) is 12.3 Å². The molecule has 1 aromatic heterocycles. The van der Waals surface area contributed by atoms with E-state index < -0.39 is 0 Å². The Morgan fingerprint density at radius 3 is 3.00 bits per heavy atom. The molecule has 0 fully saturated rings. The second-order valence-corrected chi connectivity index (χ2v) is 3.41. The molecule has 0 atom stereocenters. The Hall–Kier alpha value is -1.96. The van der Waals surface area contributed by atoms with Gasteiger partial charge < -0.3 is 5.32 Å². The summed E-state index contributed by atoms with van der Waals surface area (Å²) >= 11 is 0. The van der Waals surface area contributed by atoms with Gasteiger partial charge in [0.2, 0.25) is 5.91 Å². The lowest BCUT2D eigenvalue weighted by molar-refractivity contribution is -0.115. The second kappa shape index (κ2) is 5.05. The lowest BCUT2D eigenvalue weighted by atomic mass is 10.1. The fourth-order valence-corrected chi connectivity index (χ4v) is 1.02. The molecule has 1 N–H and O–H groups in total. The van der Waals surface area contributed by atoms with Crippen LogP contribution in [0.3, 0.4) is 0 Å². The molecule has 0 saturated carbocycles. The van der Waals surface area contributed by atoms with Crippen LogP contribution in [-0.2, 0) is 4.79 Å². The average molecular weight is 204 g/mol. The number of hydrogen-bond acceptors (Lipinski definition) is 4. The first-order valence-corrected chi connectivity index (χ1v) is 4.63. The maximum atomic E-state index is 11.1. The molecule has 0 aliphatic carbocycles. The highest BCUT2D eigenvalue weighted by molar-refractivity contribution is 5.91. The summed E-state index contributed by atoms with van der Waals surface area (Å²) in [7, 11) is 0. The molecule has 0 bridgehead atoms. The van der Waals surface area contributed by atoms with Gasteiger partial charge in [-0.25, -0.2) is 0 Å². The van der Waals surface area contributed by atoms with Crippen LogP contribution in [0.2, 0.25) is 0 Å². The second-order valence-electron chi connectivity index (χ2n) is 3.41. The van der Waals surface area contributed by atoms with Gasteiger partial charge in [0.15, 0.2) is 5.82 Å². The van der Waals surface area contributed by atoms with Crippen LogP contribution in [-0.4, -0.2) is 16.1 Å². The number of carbonyl (C=O) groups is 1. The van der Waals surface area contributed by atoms with Crippen molar-refractivity contribution < 1.29 is 4.79 Å². The number of nitrogens with one attached hydrogen (secondary N) is 1. The van der Waals surface area contributed by atoms with Crippen LogP contribution in [0.4, 0.5) is 5.82 Å². The third-order valence-corrected chi connectivity index (χ3v) is 1.85. The van der Waals surface area contributed by atoms with Gasteiger partial charge in [-0.2, -0.15) is 10.4 Å². The number of amides is 1. The lowest BCUT2D eigenvalue weighted by Crippen LogP contribution is -2.12. The number of nitriles is 1. The quantitative estimate of drug-likeness (QED) is 0.808. The van der Waals surface area contributed by atoms with Gasteiger partial charge in [0.25, 0.3) is 0 Å². The van der Waals surface area contributed by atoms with Crippen LogP contribution >= 0.6 is 0 Å². The van der Waals surface area contributed by atoms with Crippen LogP contribution in [0, 0.1) is 11.3 Å². The van der Waals surface area contributed by atoms with Gasteiger partial charge in [-0.15, -0.1) is 5.10 Å². The van der Waals surface area contributed by atoms with Gasteiger partial charge in [0.05, 0.1) is 12.3 Å². The van der Waals surface area contributed by atoms with Crippen LogP contribution in [0.25, 0.3) is 0 Å². The van der Waals surface area contributed by atoms with Crippen LogP contribution in [0.5, 0.6) is 0 Å². The van der Waals surface area contributed by atoms with E-state index in [1.807, 2.05) is 13.8 Å². The number of carbonyl (C=O) groups excluding carboxylic acids is 1. The van der Waals surface area contributed by atoms with Crippen molar-refractivity contribution in [3.05, 3.63) is 17.8 Å². The smallest absolute Gasteiger partial charge is 0.239 e. The first-order valence-electron chi connectivity index (χ1n) is 4.63. The van der Waals surface area contributed by atoms with E-state index in [0.717, 1.165) is 5.56 Å². The Bertz CT molecular complexity index is 395. The van der Waals surface area contributed by atoms with Crippen LogP contribution < -0.4 is 5.32 Å². The Morgan fingerprint density at radius 2 is 2.40 bits per heavy atom. The highest BCUT2D eigenvalue weighted by atomic mass is 16.1. The Labute approximate surface area is 88.1 Å². The fraction of sp³-hybridized carbons (Fsp3) is 0.400. The van der Waals surface area contributed by atoms with E-state index in [1.54, 1.807) is 18.3 Å². The highest BCUT2D eigenvalue weighted by Crippen LogP contribution is 2.14. The molecule has 1 rings (SSSR count). The predicted molar refractivity (Wildman–Crippen MR) is 55.0 cm³/mol. The summed E-state index contributed by atoms with van der Waals surface area (Å²) in [5.41, 5.74) is 0.997. The van der Waals surface area contributed by atoms with Crippen molar-refractivity contribution in [1.29, 1.82) is 5.26 Å². The molecular weight excluding hydrogens is 192 g/mol. The molecule has 0 saturated heterocycles. The SMILES string of the molecule is CC(C)c1cnnc(NC(=O)CC#N)c1. The van der Waals surface area contributed by atoms with Crippen molar-refractivity contribution in [2.24, 2.45) is 0 Å². The topological polar surface area (TPSA) is 78.7 Å². The molecule has 0 spiro atoms. The minimum atomic E-state index is -0.368. The maximum absolute atomic E-state index is 11.1. The lowest BCUT2D eigenvalue weighted by Gasteiger charge is -2.06. The third kappa shape index (κ3) is 3.35. The molecule has 78 valence electrons. The minimum absolute atomic E-state index is 0.173. The van der Waals surface area contributed by atoms with E-state index in [2.05, 4.69) is 15.5 Å². The molecule has 0 aliphatic rings. The molecule has 15 heavy (non-hydrogen) atoms. The van der Waals surface area contributed by atoms with Crippen molar-refractivity contribution in [2.45, 2.75) is 26.2 Å². The van der Waals surface area contributed by atoms with E-state index in [1.165, 1.54) is 0 Å². The Morgan fingerprint density at radius 1 is 1.67 bits per heavy atom. The third-order valence-electron chi connectivity index (χ3n) is 1.85. The summed E-state index contributed by atoms with van der Waals surface area (Å²) < 4.78 is 0.